The van der Waals surface area contributed by atoms with Crippen molar-refractivity contribution in [1.82, 2.24) is 25.3 Å². The largest absolute Gasteiger partial charge is 0.373 e. The first-order chi connectivity index (χ1) is 10.5. The van der Waals surface area contributed by atoms with Crippen molar-refractivity contribution in [3.63, 3.8) is 0 Å². The molecular formula is C15H27N5O2. The van der Waals surface area contributed by atoms with Gasteiger partial charge in [0.25, 0.3) is 0 Å². The molecule has 2 amide bonds. The molecule has 1 aromatic heterocycles. The van der Waals surface area contributed by atoms with Crippen LogP contribution in [-0.2, 0) is 11.3 Å². The highest BCUT2D eigenvalue weighted by atomic mass is 16.5. The van der Waals surface area contributed by atoms with E-state index in [0.717, 1.165) is 19.6 Å². The summed E-state index contributed by atoms with van der Waals surface area (Å²) in [6.07, 6.45) is 4.13. The normalized spacial score (nSPS) is 24.0. The van der Waals surface area contributed by atoms with E-state index in [1.165, 1.54) is 0 Å². The molecule has 3 atom stereocenters. The van der Waals surface area contributed by atoms with Gasteiger partial charge in [0.15, 0.2) is 0 Å². The minimum Gasteiger partial charge on any atom is -0.373 e. The molecule has 7 nitrogen and oxygen atoms in total. The van der Waals surface area contributed by atoms with Crippen molar-refractivity contribution in [3.8, 4) is 0 Å². The van der Waals surface area contributed by atoms with Crippen LogP contribution in [0.4, 0.5) is 4.79 Å². The molecule has 2 rings (SSSR count). The average Bonchev–Trinajstić information content (AvgIpc) is 2.90. The number of nitrogens with one attached hydrogen (secondary N) is 2. The Balaban J connectivity index is 1.61. The Labute approximate surface area is 132 Å². The van der Waals surface area contributed by atoms with Gasteiger partial charge < -0.3 is 15.4 Å². The number of hydrogen-bond donors (Lipinski definition) is 2. The fourth-order valence-electron chi connectivity index (χ4n) is 2.80. The predicted molar refractivity (Wildman–Crippen MR) is 84.7 cm³/mol. The molecular weight excluding hydrogens is 282 g/mol. The number of urea groups is 1. The van der Waals surface area contributed by atoms with Crippen molar-refractivity contribution >= 4 is 6.03 Å². The zero-order valence-electron chi connectivity index (χ0n) is 13.7. The molecule has 3 unspecified atom stereocenters. The van der Waals surface area contributed by atoms with Crippen molar-refractivity contribution in [2.24, 2.45) is 0 Å². The number of hydrogen-bond acceptors (Lipinski definition) is 4. The van der Waals surface area contributed by atoms with Crippen molar-refractivity contribution in [2.75, 3.05) is 26.2 Å². The van der Waals surface area contributed by atoms with Gasteiger partial charge in [0.05, 0.1) is 18.8 Å². The molecule has 2 N–H and O–H groups in total. The number of aromatic nitrogens is 2. The summed E-state index contributed by atoms with van der Waals surface area (Å²) in [5.74, 6) is 0. The van der Waals surface area contributed by atoms with Gasteiger partial charge in [-0.1, -0.05) is 0 Å². The maximum Gasteiger partial charge on any atom is 0.315 e. The van der Waals surface area contributed by atoms with Crippen LogP contribution in [0, 0.1) is 0 Å². The predicted octanol–water partition coefficient (Wildman–Crippen LogP) is 0.680. The van der Waals surface area contributed by atoms with Gasteiger partial charge in [-0.2, -0.15) is 5.10 Å². The van der Waals surface area contributed by atoms with E-state index < -0.39 is 0 Å². The van der Waals surface area contributed by atoms with Gasteiger partial charge in [0, 0.05) is 44.6 Å². The third-order valence-corrected chi connectivity index (χ3v) is 3.61. The SMILES string of the molecule is CC(Cn1cccn1)NC(=O)NCCN1CC(C)OC(C)C1. The summed E-state index contributed by atoms with van der Waals surface area (Å²) < 4.78 is 7.50. The quantitative estimate of drug-likeness (QED) is 0.811. The van der Waals surface area contributed by atoms with E-state index in [-0.39, 0.29) is 24.3 Å². The maximum absolute atomic E-state index is 11.9. The van der Waals surface area contributed by atoms with E-state index in [2.05, 4.69) is 34.5 Å². The van der Waals surface area contributed by atoms with Crippen molar-refractivity contribution in [1.29, 1.82) is 0 Å². The molecule has 1 fully saturated rings. The van der Waals surface area contributed by atoms with Crippen LogP contribution in [0.3, 0.4) is 0 Å². The number of amides is 2. The van der Waals surface area contributed by atoms with Crippen LogP contribution in [0.15, 0.2) is 18.5 Å². The first-order valence-corrected chi connectivity index (χ1v) is 7.92. The second kappa shape index (κ2) is 8.14. The maximum atomic E-state index is 11.9. The van der Waals surface area contributed by atoms with Gasteiger partial charge in [0.2, 0.25) is 0 Å². The zero-order chi connectivity index (χ0) is 15.9. The highest BCUT2D eigenvalue weighted by Crippen LogP contribution is 2.09. The molecule has 0 radical (unpaired) electrons. The number of rotatable bonds is 6. The van der Waals surface area contributed by atoms with Crippen molar-refractivity contribution in [2.45, 2.75) is 45.6 Å². The van der Waals surface area contributed by atoms with Gasteiger partial charge in [-0.25, -0.2) is 4.79 Å². The molecule has 1 aromatic rings. The molecule has 124 valence electrons. The van der Waals surface area contributed by atoms with Crippen LogP contribution in [-0.4, -0.2) is 65.1 Å². The molecule has 0 saturated carbocycles. The Morgan fingerprint density at radius 1 is 1.41 bits per heavy atom. The molecule has 0 spiro atoms. The summed E-state index contributed by atoms with van der Waals surface area (Å²) >= 11 is 0. The number of carbonyl (C=O) groups is 1. The summed E-state index contributed by atoms with van der Waals surface area (Å²) in [6.45, 7) is 10.1. The molecule has 1 aliphatic rings. The Kier molecular flexibility index (Phi) is 6.21. The lowest BCUT2D eigenvalue weighted by molar-refractivity contribution is -0.0672. The van der Waals surface area contributed by atoms with E-state index in [1.54, 1.807) is 10.9 Å². The van der Waals surface area contributed by atoms with E-state index >= 15 is 0 Å². The Hall–Kier alpha value is -1.60. The van der Waals surface area contributed by atoms with Gasteiger partial charge in [-0.15, -0.1) is 0 Å². The summed E-state index contributed by atoms with van der Waals surface area (Å²) in [5, 5.41) is 9.95. The molecule has 7 heteroatoms. The smallest absolute Gasteiger partial charge is 0.315 e. The fourth-order valence-corrected chi connectivity index (χ4v) is 2.80. The van der Waals surface area contributed by atoms with E-state index in [0.29, 0.717) is 13.1 Å². The van der Waals surface area contributed by atoms with Gasteiger partial charge >= 0.3 is 6.03 Å². The topological polar surface area (TPSA) is 71.4 Å². The second-order valence-corrected chi connectivity index (χ2v) is 6.05. The van der Waals surface area contributed by atoms with Crippen LogP contribution >= 0.6 is 0 Å². The van der Waals surface area contributed by atoms with Crippen LogP contribution in [0.5, 0.6) is 0 Å². The molecule has 1 aliphatic heterocycles. The lowest BCUT2D eigenvalue weighted by Crippen LogP contribution is -2.49. The minimum absolute atomic E-state index is 0.0309. The summed E-state index contributed by atoms with van der Waals surface area (Å²) in [4.78, 5) is 14.2. The Morgan fingerprint density at radius 2 is 2.14 bits per heavy atom. The van der Waals surface area contributed by atoms with E-state index in [1.807, 2.05) is 19.2 Å². The molecule has 22 heavy (non-hydrogen) atoms. The highest BCUT2D eigenvalue weighted by molar-refractivity contribution is 5.74. The van der Waals surface area contributed by atoms with Crippen LogP contribution < -0.4 is 10.6 Å². The van der Waals surface area contributed by atoms with Gasteiger partial charge in [-0.3, -0.25) is 9.58 Å². The zero-order valence-corrected chi connectivity index (χ0v) is 13.7. The second-order valence-electron chi connectivity index (χ2n) is 6.05. The van der Waals surface area contributed by atoms with Crippen molar-refractivity contribution < 1.29 is 9.53 Å². The number of ether oxygens (including phenoxy) is 1. The third kappa shape index (κ3) is 5.65. The Bertz CT molecular complexity index is 441. The molecule has 1 saturated heterocycles. The standard InChI is InChI=1S/C15H27N5O2/c1-12(9-20-7-4-5-17-20)18-15(21)16-6-8-19-10-13(2)22-14(3)11-19/h4-5,7,12-14H,6,8-11H2,1-3H3,(H2,16,18,21). The number of morpholine rings is 1. The first-order valence-electron chi connectivity index (χ1n) is 7.92. The molecule has 0 aromatic carbocycles. The monoisotopic (exact) mass is 309 g/mol. The molecule has 0 aliphatic carbocycles. The van der Waals surface area contributed by atoms with E-state index in [9.17, 15) is 4.79 Å². The lowest BCUT2D eigenvalue weighted by Gasteiger charge is -2.35. The van der Waals surface area contributed by atoms with Crippen LogP contribution in [0.2, 0.25) is 0 Å². The van der Waals surface area contributed by atoms with Crippen LogP contribution in [0.1, 0.15) is 20.8 Å². The molecule has 2 heterocycles. The van der Waals surface area contributed by atoms with Gasteiger partial charge in [-0.05, 0) is 26.8 Å². The summed E-state index contributed by atoms with van der Waals surface area (Å²) in [7, 11) is 0. The van der Waals surface area contributed by atoms with Gasteiger partial charge in [0.1, 0.15) is 0 Å². The number of carbonyl (C=O) groups excluding carboxylic acids is 1. The summed E-state index contributed by atoms with van der Waals surface area (Å²) in [6, 6.07) is 1.77. The number of nitrogens with zero attached hydrogens (tertiary/aromatic N) is 3. The van der Waals surface area contributed by atoms with E-state index in [4.69, 9.17) is 4.74 Å². The van der Waals surface area contributed by atoms with Crippen molar-refractivity contribution in [3.05, 3.63) is 18.5 Å². The first kappa shape index (κ1) is 16.8. The Morgan fingerprint density at radius 3 is 2.77 bits per heavy atom. The average molecular weight is 309 g/mol. The molecule has 0 bridgehead atoms. The lowest BCUT2D eigenvalue weighted by atomic mass is 10.2. The highest BCUT2D eigenvalue weighted by Gasteiger charge is 2.21. The van der Waals surface area contributed by atoms with Crippen LogP contribution in [0.25, 0.3) is 0 Å². The fraction of sp³-hybridized carbons (Fsp3) is 0.733. The summed E-state index contributed by atoms with van der Waals surface area (Å²) in [5.41, 5.74) is 0. The third-order valence-electron chi connectivity index (χ3n) is 3.61. The minimum atomic E-state index is -0.131.